The highest BCUT2D eigenvalue weighted by atomic mass is 14.6. The number of hydrogen-bond donors (Lipinski definition) is 3. The molecular formula is C10H13N3. The Labute approximate surface area is 77.6 Å². The first kappa shape index (κ1) is 9.32. The van der Waals surface area contributed by atoms with E-state index in [-0.39, 0.29) is 0 Å². The van der Waals surface area contributed by atoms with Gasteiger partial charge in [-0.05, 0) is 18.2 Å². The van der Waals surface area contributed by atoms with E-state index in [1.807, 2.05) is 12.2 Å². The second-order valence-corrected chi connectivity index (χ2v) is 2.84. The average molecular weight is 175 g/mol. The molecule has 0 heterocycles. The molecule has 0 aliphatic heterocycles. The van der Waals surface area contributed by atoms with Crippen molar-refractivity contribution in [3.8, 4) is 0 Å². The lowest BCUT2D eigenvalue weighted by Gasteiger charge is -2.01. The SMILES string of the molecule is N=C1C=C(N)C\C(N)=C/C=C\C=C/1. The number of nitrogens with one attached hydrogen (secondary N) is 1. The molecule has 0 saturated carbocycles. The third-order valence-electron chi connectivity index (χ3n) is 1.56. The Morgan fingerprint density at radius 1 is 1.08 bits per heavy atom. The molecule has 1 rings (SSSR count). The lowest BCUT2D eigenvalue weighted by atomic mass is 10.1. The summed E-state index contributed by atoms with van der Waals surface area (Å²) in [5.74, 6) is 0. The van der Waals surface area contributed by atoms with Crippen molar-refractivity contribution in [3.05, 3.63) is 47.9 Å². The molecule has 13 heavy (non-hydrogen) atoms. The minimum atomic E-state index is 0.386. The molecule has 0 atom stereocenters. The van der Waals surface area contributed by atoms with Crippen LogP contribution in [0.5, 0.6) is 0 Å². The predicted molar refractivity (Wildman–Crippen MR) is 55.2 cm³/mol. The fourth-order valence-corrected chi connectivity index (χ4v) is 0.996. The van der Waals surface area contributed by atoms with Crippen molar-refractivity contribution < 1.29 is 0 Å². The van der Waals surface area contributed by atoms with Gasteiger partial charge in [-0.3, -0.25) is 0 Å². The van der Waals surface area contributed by atoms with Crippen LogP contribution in [-0.2, 0) is 0 Å². The van der Waals surface area contributed by atoms with Crippen LogP contribution in [0.1, 0.15) is 6.42 Å². The van der Waals surface area contributed by atoms with Crippen LogP contribution in [-0.4, -0.2) is 5.71 Å². The van der Waals surface area contributed by atoms with Crippen LogP contribution in [0.3, 0.4) is 0 Å². The van der Waals surface area contributed by atoms with Gasteiger partial charge in [-0.2, -0.15) is 0 Å². The summed E-state index contributed by atoms with van der Waals surface area (Å²) in [5, 5.41) is 7.45. The highest BCUT2D eigenvalue weighted by Gasteiger charge is 1.95. The van der Waals surface area contributed by atoms with Gasteiger partial charge in [-0.25, -0.2) is 0 Å². The average Bonchev–Trinajstić information content (AvgIpc) is 2.02. The lowest BCUT2D eigenvalue weighted by Crippen LogP contribution is -2.06. The van der Waals surface area contributed by atoms with Crippen molar-refractivity contribution in [1.82, 2.24) is 0 Å². The molecule has 0 aromatic rings. The Kier molecular flexibility index (Phi) is 3.09. The van der Waals surface area contributed by atoms with Crippen LogP contribution in [0.25, 0.3) is 0 Å². The maximum absolute atomic E-state index is 7.45. The monoisotopic (exact) mass is 175 g/mol. The van der Waals surface area contributed by atoms with E-state index in [0.717, 1.165) is 0 Å². The van der Waals surface area contributed by atoms with Gasteiger partial charge >= 0.3 is 0 Å². The van der Waals surface area contributed by atoms with Gasteiger partial charge < -0.3 is 16.9 Å². The maximum atomic E-state index is 7.45. The van der Waals surface area contributed by atoms with Crippen LogP contribution in [0, 0.1) is 5.41 Å². The smallest absolute Gasteiger partial charge is 0.0557 e. The fourth-order valence-electron chi connectivity index (χ4n) is 0.996. The first-order chi connectivity index (χ1) is 6.18. The summed E-state index contributed by atoms with van der Waals surface area (Å²) in [6, 6.07) is 0. The van der Waals surface area contributed by atoms with Gasteiger partial charge in [0.1, 0.15) is 0 Å². The molecule has 0 fully saturated rings. The second-order valence-electron chi connectivity index (χ2n) is 2.84. The predicted octanol–water partition coefficient (Wildman–Crippen LogP) is 1.21. The van der Waals surface area contributed by atoms with Crippen LogP contribution < -0.4 is 11.5 Å². The van der Waals surface area contributed by atoms with Crippen molar-refractivity contribution in [2.24, 2.45) is 11.5 Å². The maximum Gasteiger partial charge on any atom is 0.0557 e. The van der Waals surface area contributed by atoms with Crippen molar-refractivity contribution >= 4 is 5.71 Å². The summed E-state index contributed by atoms with van der Waals surface area (Å²) >= 11 is 0. The summed E-state index contributed by atoms with van der Waals surface area (Å²) in [6.07, 6.45) is 11.0. The van der Waals surface area contributed by atoms with Crippen molar-refractivity contribution in [2.45, 2.75) is 6.42 Å². The molecular weight excluding hydrogens is 162 g/mol. The summed E-state index contributed by atoms with van der Waals surface area (Å²) < 4.78 is 0. The van der Waals surface area contributed by atoms with Crippen LogP contribution in [0.2, 0.25) is 0 Å². The zero-order chi connectivity index (χ0) is 9.68. The molecule has 0 amide bonds. The van der Waals surface area contributed by atoms with Gasteiger partial charge in [0.25, 0.3) is 0 Å². The van der Waals surface area contributed by atoms with E-state index in [9.17, 15) is 0 Å². The molecule has 0 aromatic carbocycles. The zero-order valence-corrected chi connectivity index (χ0v) is 7.33. The van der Waals surface area contributed by atoms with E-state index in [1.165, 1.54) is 0 Å². The second kappa shape index (κ2) is 4.30. The minimum absolute atomic E-state index is 0.386. The van der Waals surface area contributed by atoms with E-state index in [4.69, 9.17) is 16.9 Å². The van der Waals surface area contributed by atoms with E-state index in [1.54, 1.807) is 24.3 Å². The number of rotatable bonds is 0. The quantitative estimate of drug-likeness (QED) is 0.517. The van der Waals surface area contributed by atoms with Crippen LogP contribution in [0.4, 0.5) is 0 Å². The standard InChI is InChI=1S/C10H13N3/c11-8-4-2-1-3-5-9(12)7-10(13)6-8/h1-6,11H,7,12-13H2/b3-1-,4-2-,9-5+,10-6?,11-8?. The molecule has 0 unspecified atom stereocenters. The van der Waals surface area contributed by atoms with Crippen molar-refractivity contribution in [2.75, 3.05) is 0 Å². The molecule has 3 heteroatoms. The molecule has 0 aromatic heterocycles. The van der Waals surface area contributed by atoms with Crippen LogP contribution in [0.15, 0.2) is 47.9 Å². The zero-order valence-electron chi connectivity index (χ0n) is 7.33. The largest absolute Gasteiger partial charge is 0.402 e. The van der Waals surface area contributed by atoms with E-state index in [2.05, 4.69) is 0 Å². The minimum Gasteiger partial charge on any atom is -0.402 e. The number of nitrogens with two attached hydrogens (primary N) is 2. The lowest BCUT2D eigenvalue weighted by molar-refractivity contribution is 1.06. The topological polar surface area (TPSA) is 75.9 Å². The third kappa shape index (κ3) is 3.42. The number of hydrogen-bond acceptors (Lipinski definition) is 3. The molecule has 68 valence electrons. The highest BCUT2D eigenvalue weighted by Crippen LogP contribution is 2.02. The molecule has 1 aliphatic rings. The Hall–Kier alpha value is -1.77. The van der Waals surface area contributed by atoms with Gasteiger partial charge in [0.05, 0.1) is 5.71 Å². The van der Waals surface area contributed by atoms with Gasteiger partial charge in [-0.15, -0.1) is 0 Å². The Morgan fingerprint density at radius 2 is 1.85 bits per heavy atom. The van der Waals surface area contributed by atoms with Gasteiger partial charge in [0.15, 0.2) is 0 Å². The Morgan fingerprint density at radius 3 is 2.62 bits per heavy atom. The molecule has 1 aliphatic carbocycles. The molecule has 0 radical (unpaired) electrons. The number of allylic oxidation sites excluding steroid dienone is 6. The fraction of sp³-hybridized carbons (Fsp3) is 0.100. The van der Waals surface area contributed by atoms with Gasteiger partial charge in [0.2, 0.25) is 0 Å². The molecule has 0 spiro atoms. The summed E-state index contributed by atoms with van der Waals surface area (Å²) in [7, 11) is 0. The first-order valence-electron chi connectivity index (χ1n) is 4.02. The first-order valence-corrected chi connectivity index (χ1v) is 4.02. The third-order valence-corrected chi connectivity index (χ3v) is 1.56. The van der Waals surface area contributed by atoms with E-state index >= 15 is 0 Å². The molecule has 0 saturated heterocycles. The van der Waals surface area contributed by atoms with Gasteiger partial charge in [-0.1, -0.05) is 18.2 Å². The summed E-state index contributed by atoms with van der Waals surface area (Å²) in [5.41, 5.74) is 13.0. The van der Waals surface area contributed by atoms with Crippen LogP contribution >= 0.6 is 0 Å². The Bertz CT molecular complexity index is 319. The molecule has 0 bridgehead atoms. The van der Waals surface area contributed by atoms with Gasteiger partial charge in [0, 0.05) is 17.8 Å². The van der Waals surface area contributed by atoms with E-state index in [0.29, 0.717) is 23.5 Å². The Balaban J connectivity index is 2.91. The summed E-state index contributed by atoms with van der Waals surface area (Å²) in [6.45, 7) is 0. The van der Waals surface area contributed by atoms with Crippen molar-refractivity contribution in [1.29, 1.82) is 5.41 Å². The highest BCUT2D eigenvalue weighted by molar-refractivity contribution is 6.02. The van der Waals surface area contributed by atoms with E-state index < -0.39 is 0 Å². The molecule has 3 nitrogen and oxygen atoms in total. The van der Waals surface area contributed by atoms with Crippen molar-refractivity contribution in [3.63, 3.8) is 0 Å². The molecule has 5 N–H and O–H groups in total. The summed E-state index contributed by atoms with van der Waals surface area (Å²) in [4.78, 5) is 0. The normalized spacial score (nSPS) is 26.9.